The zero-order valence-corrected chi connectivity index (χ0v) is 8.49. The largest absolute Gasteiger partial charge is 0.382 e. The maximum absolute atomic E-state index is 7.05. The van der Waals surface area contributed by atoms with Crippen LogP contribution in [0.15, 0.2) is 18.3 Å². The molecule has 0 fully saturated rings. The van der Waals surface area contributed by atoms with Crippen molar-refractivity contribution in [2.75, 3.05) is 0 Å². The molecule has 4 nitrogen and oxygen atoms in total. The van der Waals surface area contributed by atoms with E-state index < -0.39 is 0 Å². The van der Waals surface area contributed by atoms with E-state index in [1.807, 2.05) is 6.07 Å². The summed E-state index contributed by atoms with van der Waals surface area (Å²) in [5.74, 6) is -0.0198. The minimum absolute atomic E-state index is 0. The lowest BCUT2D eigenvalue weighted by Crippen LogP contribution is -2.13. The first-order valence-corrected chi connectivity index (χ1v) is 3.23. The summed E-state index contributed by atoms with van der Waals surface area (Å²) in [5.41, 5.74) is 12.0. The quantitative estimate of drug-likeness (QED) is 0.508. The maximum atomic E-state index is 7.05. The molecule has 0 spiro atoms. The zero-order valence-electron chi connectivity index (χ0n) is 6.86. The number of nitrogens with one attached hydrogen (secondary N) is 1. The van der Waals surface area contributed by atoms with Crippen molar-refractivity contribution in [1.82, 2.24) is 4.98 Å². The van der Waals surface area contributed by atoms with E-state index in [1.165, 1.54) is 0 Å². The number of hydrogen-bond acceptors (Lipinski definition) is 3. The molecule has 74 valence electrons. The molecular weight excluding hydrogens is 211 g/mol. The molecule has 0 aliphatic carbocycles. The summed E-state index contributed by atoms with van der Waals surface area (Å²) in [5, 5.41) is 7.05. The number of aromatic nitrogens is 1. The lowest BCUT2D eigenvalue weighted by molar-refractivity contribution is 1.04. The molecule has 13 heavy (non-hydrogen) atoms. The number of pyridine rings is 1. The third-order valence-electron chi connectivity index (χ3n) is 1.34. The van der Waals surface area contributed by atoms with Gasteiger partial charge in [-0.25, -0.2) is 0 Å². The van der Waals surface area contributed by atoms with Gasteiger partial charge in [0.25, 0.3) is 0 Å². The molecule has 1 rings (SSSR count). The van der Waals surface area contributed by atoms with E-state index in [0.717, 1.165) is 5.56 Å². The SMILES string of the molecule is Cl.Cl.N=C(N)c1ccc(CN)cn1. The van der Waals surface area contributed by atoms with Crippen LogP contribution in [0.1, 0.15) is 11.3 Å². The normalized spacial score (nSPS) is 8.08. The molecule has 1 aromatic heterocycles. The topological polar surface area (TPSA) is 88.8 Å². The average Bonchev–Trinajstić information content (AvgIpc) is 2.05. The van der Waals surface area contributed by atoms with Gasteiger partial charge < -0.3 is 11.5 Å². The number of nitrogens with two attached hydrogens (primary N) is 2. The monoisotopic (exact) mass is 222 g/mol. The van der Waals surface area contributed by atoms with Gasteiger partial charge in [-0.15, -0.1) is 24.8 Å². The van der Waals surface area contributed by atoms with Crippen molar-refractivity contribution < 1.29 is 0 Å². The third-order valence-corrected chi connectivity index (χ3v) is 1.34. The van der Waals surface area contributed by atoms with Crippen LogP contribution in [-0.4, -0.2) is 10.8 Å². The molecule has 0 bridgehead atoms. The highest BCUT2D eigenvalue weighted by Gasteiger charge is 1.95. The minimum atomic E-state index is -0.0198. The fraction of sp³-hybridized carbons (Fsp3) is 0.143. The summed E-state index contributed by atoms with van der Waals surface area (Å²) in [4.78, 5) is 3.92. The standard InChI is InChI=1S/C7H10N4.2ClH/c8-3-5-1-2-6(7(9)10)11-4-5;;/h1-2,4H,3,8H2,(H3,9,10);2*1H. The van der Waals surface area contributed by atoms with Crippen molar-refractivity contribution in [3.8, 4) is 0 Å². The van der Waals surface area contributed by atoms with Gasteiger partial charge >= 0.3 is 0 Å². The zero-order chi connectivity index (χ0) is 8.27. The van der Waals surface area contributed by atoms with Gasteiger partial charge in [0.15, 0.2) is 0 Å². The van der Waals surface area contributed by atoms with Crippen molar-refractivity contribution in [1.29, 1.82) is 5.41 Å². The van der Waals surface area contributed by atoms with Gasteiger partial charge in [0.1, 0.15) is 11.5 Å². The molecule has 0 radical (unpaired) electrons. The molecule has 6 heteroatoms. The van der Waals surface area contributed by atoms with Crippen LogP contribution in [0.3, 0.4) is 0 Å². The van der Waals surface area contributed by atoms with Gasteiger partial charge in [0.05, 0.1) is 0 Å². The predicted molar refractivity (Wildman–Crippen MR) is 57.6 cm³/mol. The van der Waals surface area contributed by atoms with Gasteiger partial charge in [-0.1, -0.05) is 6.07 Å². The fourth-order valence-corrected chi connectivity index (χ4v) is 0.705. The van der Waals surface area contributed by atoms with E-state index in [-0.39, 0.29) is 30.6 Å². The van der Waals surface area contributed by atoms with E-state index in [0.29, 0.717) is 12.2 Å². The lowest BCUT2D eigenvalue weighted by atomic mass is 10.2. The Labute approximate surface area is 89.1 Å². The average molecular weight is 223 g/mol. The molecule has 1 aromatic rings. The second-order valence-electron chi connectivity index (χ2n) is 2.17. The highest BCUT2D eigenvalue weighted by molar-refractivity contribution is 5.92. The maximum Gasteiger partial charge on any atom is 0.141 e. The number of hydrogen-bond donors (Lipinski definition) is 3. The number of nitrogens with zero attached hydrogens (tertiary/aromatic N) is 1. The van der Waals surface area contributed by atoms with Crippen LogP contribution in [0.5, 0.6) is 0 Å². The molecule has 0 unspecified atom stereocenters. The van der Waals surface area contributed by atoms with Crippen LogP contribution in [0.4, 0.5) is 0 Å². The molecule has 0 saturated heterocycles. The molecule has 0 amide bonds. The highest BCUT2D eigenvalue weighted by atomic mass is 35.5. The molecule has 0 atom stereocenters. The van der Waals surface area contributed by atoms with E-state index in [2.05, 4.69) is 4.98 Å². The Morgan fingerprint density at radius 3 is 2.31 bits per heavy atom. The predicted octanol–water partition coefficient (Wildman–Crippen LogP) is 0.668. The van der Waals surface area contributed by atoms with E-state index in [1.54, 1.807) is 12.3 Å². The third kappa shape index (κ3) is 4.07. The van der Waals surface area contributed by atoms with Crippen molar-refractivity contribution in [3.63, 3.8) is 0 Å². The summed E-state index contributed by atoms with van der Waals surface area (Å²) in [6.07, 6.45) is 1.62. The Hall–Kier alpha value is -0.840. The first-order valence-electron chi connectivity index (χ1n) is 3.23. The summed E-state index contributed by atoms with van der Waals surface area (Å²) in [7, 11) is 0. The molecule has 1 heterocycles. The van der Waals surface area contributed by atoms with Crippen molar-refractivity contribution >= 4 is 30.6 Å². The van der Waals surface area contributed by atoms with Gasteiger partial charge in [-0.2, -0.15) is 0 Å². The first-order chi connectivity index (χ1) is 5.24. The van der Waals surface area contributed by atoms with Crippen LogP contribution >= 0.6 is 24.8 Å². The second-order valence-corrected chi connectivity index (χ2v) is 2.17. The van der Waals surface area contributed by atoms with Crippen LogP contribution in [-0.2, 0) is 6.54 Å². The Morgan fingerprint density at radius 1 is 1.38 bits per heavy atom. The Bertz CT molecular complexity index is 260. The van der Waals surface area contributed by atoms with Crippen LogP contribution in [0.25, 0.3) is 0 Å². The number of amidine groups is 1. The van der Waals surface area contributed by atoms with E-state index in [9.17, 15) is 0 Å². The van der Waals surface area contributed by atoms with Crippen molar-refractivity contribution in [2.45, 2.75) is 6.54 Å². The van der Waals surface area contributed by atoms with Crippen LogP contribution in [0, 0.1) is 5.41 Å². The molecule has 0 aliphatic rings. The summed E-state index contributed by atoms with van der Waals surface area (Å²) < 4.78 is 0. The van der Waals surface area contributed by atoms with Crippen molar-refractivity contribution in [3.05, 3.63) is 29.6 Å². The van der Waals surface area contributed by atoms with E-state index >= 15 is 0 Å². The van der Waals surface area contributed by atoms with Gasteiger partial charge in [0, 0.05) is 12.7 Å². The summed E-state index contributed by atoms with van der Waals surface area (Å²) in [6.45, 7) is 0.463. The molecule has 0 saturated carbocycles. The number of nitrogen functional groups attached to an aromatic ring is 1. The van der Waals surface area contributed by atoms with Gasteiger partial charge in [-0.05, 0) is 11.6 Å². The molecule has 0 aromatic carbocycles. The fourth-order valence-electron chi connectivity index (χ4n) is 0.705. The highest BCUT2D eigenvalue weighted by Crippen LogP contribution is 1.97. The Morgan fingerprint density at radius 2 is 2.00 bits per heavy atom. The van der Waals surface area contributed by atoms with Crippen LogP contribution < -0.4 is 11.5 Å². The van der Waals surface area contributed by atoms with E-state index in [4.69, 9.17) is 16.9 Å². The number of rotatable bonds is 2. The minimum Gasteiger partial charge on any atom is -0.382 e. The second kappa shape index (κ2) is 6.65. The first kappa shape index (κ1) is 14.7. The summed E-state index contributed by atoms with van der Waals surface area (Å²) >= 11 is 0. The smallest absolute Gasteiger partial charge is 0.141 e. The lowest BCUT2D eigenvalue weighted by Gasteiger charge is -1.97. The van der Waals surface area contributed by atoms with Crippen molar-refractivity contribution in [2.24, 2.45) is 11.5 Å². The van der Waals surface area contributed by atoms with Gasteiger partial charge in [0.2, 0.25) is 0 Å². The van der Waals surface area contributed by atoms with Gasteiger partial charge in [-0.3, -0.25) is 10.4 Å². The number of halogens is 2. The molecule has 5 N–H and O–H groups in total. The molecular formula is C7H12Cl2N4. The van der Waals surface area contributed by atoms with Crippen LogP contribution in [0.2, 0.25) is 0 Å². The molecule has 0 aliphatic heterocycles. The Balaban J connectivity index is 0. The summed E-state index contributed by atoms with van der Waals surface area (Å²) in [6, 6.07) is 3.49. The Kier molecular flexibility index (Phi) is 7.51.